The molecule has 19 heavy (non-hydrogen) atoms. The van der Waals surface area contributed by atoms with E-state index in [9.17, 15) is 4.79 Å². The van der Waals surface area contributed by atoms with Gasteiger partial charge in [0, 0.05) is 6.07 Å². The van der Waals surface area contributed by atoms with Crippen LogP contribution in [-0.4, -0.2) is 17.7 Å². The van der Waals surface area contributed by atoms with Gasteiger partial charge in [0.1, 0.15) is 17.6 Å². The Labute approximate surface area is 109 Å². The largest absolute Gasteiger partial charge is 0.477 e. The molecule has 2 aromatic rings. The highest BCUT2D eigenvalue weighted by Crippen LogP contribution is 2.24. The molecule has 6 nitrogen and oxygen atoms in total. The molecule has 1 heterocycles. The second-order valence-corrected chi connectivity index (χ2v) is 3.72. The van der Waals surface area contributed by atoms with Crippen LogP contribution in [0.5, 0.6) is 5.75 Å². The van der Waals surface area contributed by atoms with Crippen molar-refractivity contribution in [2.24, 2.45) is 0 Å². The summed E-state index contributed by atoms with van der Waals surface area (Å²) >= 11 is 0. The molecular formula is C13H11N3O3. The molecule has 0 saturated heterocycles. The summed E-state index contributed by atoms with van der Waals surface area (Å²) in [5, 5.41) is 14.8. The summed E-state index contributed by atoms with van der Waals surface area (Å²) in [7, 11) is 0. The number of amides is 1. The van der Waals surface area contributed by atoms with E-state index in [1.54, 1.807) is 31.2 Å². The molecule has 0 saturated carbocycles. The Morgan fingerprint density at radius 3 is 3.00 bits per heavy atom. The Balaban J connectivity index is 2.14. The van der Waals surface area contributed by atoms with Crippen molar-refractivity contribution in [1.29, 1.82) is 5.26 Å². The van der Waals surface area contributed by atoms with Crippen molar-refractivity contribution in [1.82, 2.24) is 5.16 Å². The van der Waals surface area contributed by atoms with Crippen LogP contribution in [-0.2, 0) is 0 Å². The average molecular weight is 257 g/mol. The molecule has 0 aliphatic heterocycles. The molecule has 0 unspecified atom stereocenters. The molecule has 0 aliphatic carbocycles. The van der Waals surface area contributed by atoms with E-state index >= 15 is 0 Å². The predicted molar refractivity (Wildman–Crippen MR) is 66.7 cm³/mol. The van der Waals surface area contributed by atoms with Gasteiger partial charge in [-0.3, -0.25) is 4.79 Å². The first-order chi connectivity index (χ1) is 9.20. The van der Waals surface area contributed by atoms with Crippen molar-refractivity contribution in [3.05, 3.63) is 41.8 Å². The van der Waals surface area contributed by atoms with Crippen LogP contribution in [0.4, 0.5) is 5.69 Å². The van der Waals surface area contributed by atoms with Crippen molar-refractivity contribution in [3.8, 4) is 11.8 Å². The Morgan fingerprint density at radius 2 is 2.32 bits per heavy atom. The zero-order valence-electron chi connectivity index (χ0n) is 10.2. The number of hydrogen-bond acceptors (Lipinski definition) is 5. The highest BCUT2D eigenvalue weighted by atomic mass is 16.5. The van der Waals surface area contributed by atoms with Crippen LogP contribution in [0.2, 0.25) is 0 Å². The van der Waals surface area contributed by atoms with E-state index in [0.29, 0.717) is 17.2 Å². The maximum absolute atomic E-state index is 11.9. The van der Waals surface area contributed by atoms with Crippen LogP contribution < -0.4 is 10.1 Å². The topological polar surface area (TPSA) is 88.1 Å². The first-order valence-corrected chi connectivity index (χ1v) is 5.54. The number of nitrogens with one attached hydrogen (secondary N) is 1. The van der Waals surface area contributed by atoms with Gasteiger partial charge < -0.3 is 14.6 Å². The number of rotatable bonds is 4. The number of anilines is 1. The lowest BCUT2D eigenvalue weighted by Crippen LogP contribution is -2.13. The number of nitrogens with zero attached hydrogens (tertiary/aromatic N) is 2. The summed E-state index contributed by atoms with van der Waals surface area (Å²) in [6, 6.07) is 10.3. The second-order valence-electron chi connectivity index (χ2n) is 3.72. The lowest BCUT2D eigenvalue weighted by Gasteiger charge is -2.09. The summed E-state index contributed by atoms with van der Waals surface area (Å²) < 4.78 is 10.0. The van der Waals surface area contributed by atoms with Crippen LogP contribution in [0.1, 0.15) is 16.2 Å². The minimum atomic E-state index is -0.398. The highest BCUT2D eigenvalue weighted by Gasteiger charge is 2.13. The molecule has 0 aliphatic rings. The Hall–Kier alpha value is -2.81. The van der Waals surface area contributed by atoms with Gasteiger partial charge in [-0.15, -0.1) is 0 Å². The number of carbonyl (C=O) groups excluding carboxylic acids is 1. The smallest absolute Gasteiger partial charge is 0.277 e. The van der Waals surface area contributed by atoms with E-state index in [1.165, 1.54) is 6.07 Å². The monoisotopic (exact) mass is 257 g/mol. The highest BCUT2D eigenvalue weighted by molar-refractivity contribution is 6.03. The Bertz CT molecular complexity index is 628. The van der Waals surface area contributed by atoms with Crippen molar-refractivity contribution in [2.45, 2.75) is 6.92 Å². The average Bonchev–Trinajstić information content (AvgIpc) is 2.84. The Kier molecular flexibility index (Phi) is 3.78. The van der Waals surface area contributed by atoms with Crippen molar-refractivity contribution in [2.75, 3.05) is 11.9 Å². The minimum absolute atomic E-state index is 0.0873. The van der Waals surface area contributed by atoms with Crippen LogP contribution in [0, 0.1) is 18.3 Å². The van der Waals surface area contributed by atoms with E-state index in [0.717, 1.165) is 0 Å². The molecule has 0 spiro atoms. The normalized spacial score (nSPS) is 9.68. The SMILES string of the molecule is Cc1cc(C(=O)Nc2ccccc2OCC#N)no1. The molecule has 0 radical (unpaired) electrons. The van der Waals surface area contributed by atoms with Gasteiger partial charge in [-0.2, -0.15) is 5.26 Å². The lowest BCUT2D eigenvalue weighted by atomic mass is 10.2. The van der Waals surface area contributed by atoms with E-state index < -0.39 is 5.91 Å². The molecule has 1 aromatic heterocycles. The number of carbonyl (C=O) groups is 1. The maximum atomic E-state index is 11.9. The fourth-order valence-corrected chi connectivity index (χ4v) is 1.47. The minimum Gasteiger partial charge on any atom is -0.477 e. The van der Waals surface area contributed by atoms with Crippen LogP contribution in [0.3, 0.4) is 0 Å². The quantitative estimate of drug-likeness (QED) is 0.906. The van der Waals surface area contributed by atoms with Crippen LogP contribution in [0.25, 0.3) is 0 Å². The summed E-state index contributed by atoms with van der Waals surface area (Å²) in [5.41, 5.74) is 0.663. The molecule has 1 N–H and O–H groups in total. The van der Waals surface area contributed by atoms with Crippen LogP contribution >= 0.6 is 0 Å². The third kappa shape index (κ3) is 3.10. The predicted octanol–water partition coefficient (Wildman–Crippen LogP) is 2.14. The molecule has 0 fully saturated rings. The molecule has 96 valence electrons. The summed E-state index contributed by atoms with van der Waals surface area (Å²) in [4.78, 5) is 11.9. The molecule has 1 aromatic carbocycles. The standard InChI is InChI=1S/C13H11N3O3/c1-9-8-11(16-19-9)13(17)15-10-4-2-3-5-12(10)18-7-6-14/h2-5,8H,7H2,1H3,(H,15,17). The molecule has 0 atom stereocenters. The van der Waals surface area contributed by atoms with E-state index in [-0.39, 0.29) is 12.3 Å². The van der Waals surface area contributed by atoms with Gasteiger partial charge in [0.05, 0.1) is 5.69 Å². The fraction of sp³-hybridized carbons (Fsp3) is 0.154. The fourth-order valence-electron chi connectivity index (χ4n) is 1.47. The Morgan fingerprint density at radius 1 is 1.53 bits per heavy atom. The third-order valence-corrected chi connectivity index (χ3v) is 2.29. The first-order valence-electron chi connectivity index (χ1n) is 5.54. The number of nitriles is 1. The number of para-hydroxylation sites is 2. The lowest BCUT2D eigenvalue weighted by molar-refractivity contribution is 0.101. The summed E-state index contributed by atoms with van der Waals surface area (Å²) in [6.07, 6.45) is 0. The molecular weight excluding hydrogens is 246 g/mol. The van der Waals surface area contributed by atoms with Crippen molar-refractivity contribution >= 4 is 11.6 Å². The zero-order chi connectivity index (χ0) is 13.7. The molecule has 1 amide bonds. The van der Waals surface area contributed by atoms with E-state index in [2.05, 4.69) is 10.5 Å². The van der Waals surface area contributed by atoms with Gasteiger partial charge in [-0.25, -0.2) is 0 Å². The van der Waals surface area contributed by atoms with Gasteiger partial charge in [-0.05, 0) is 19.1 Å². The summed E-state index contributed by atoms with van der Waals surface area (Å²) in [6.45, 7) is 1.61. The zero-order valence-corrected chi connectivity index (χ0v) is 10.2. The van der Waals surface area contributed by atoms with E-state index in [1.807, 2.05) is 6.07 Å². The van der Waals surface area contributed by atoms with Gasteiger partial charge in [0.25, 0.3) is 5.91 Å². The number of aromatic nitrogens is 1. The molecule has 6 heteroatoms. The van der Waals surface area contributed by atoms with Crippen molar-refractivity contribution < 1.29 is 14.1 Å². The van der Waals surface area contributed by atoms with Crippen molar-refractivity contribution in [3.63, 3.8) is 0 Å². The van der Waals surface area contributed by atoms with Gasteiger partial charge in [-0.1, -0.05) is 17.3 Å². The second kappa shape index (κ2) is 5.69. The summed E-state index contributed by atoms with van der Waals surface area (Å²) in [5.74, 6) is 0.585. The van der Waals surface area contributed by atoms with Gasteiger partial charge in [0.15, 0.2) is 12.3 Å². The van der Waals surface area contributed by atoms with Crippen LogP contribution in [0.15, 0.2) is 34.9 Å². The van der Waals surface area contributed by atoms with Gasteiger partial charge in [0.2, 0.25) is 0 Å². The first kappa shape index (κ1) is 12.6. The third-order valence-electron chi connectivity index (χ3n) is 2.29. The van der Waals surface area contributed by atoms with E-state index in [4.69, 9.17) is 14.5 Å². The number of benzene rings is 1. The number of ether oxygens (including phenoxy) is 1. The maximum Gasteiger partial charge on any atom is 0.277 e. The number of aryl methyl sites for hydroxylation is 1. The number of hydrogen-bond donors (Lipinski definition) is 1. The van der Waals surface area contributed by atoms with Gasteiger partial charge >= 0.3 is 0 Å². The molecule has 0 bridgehead atoms. The molecule has 2 rings (SSSR count).